The quantitative estimate of drug-likeness (QED) is 0.804. The molecule has 0 aromatic heterocycles. The molecule has 0 bridgehead atoms. The summed E-state index contributed by atoms with van der Waals surface area (Å²) < 4.78 is 11.1. The number of likely N-dealkylation sites (N-methyl/N-ethyl adjacent to an activating group) is 1. The summed E-state index contributed by atoms with van der Waals surface area (Å²) in [4.78, 5) is 29.1. The lowest BCUT2D eigenvalue weighted by molar-refractivity contribution is -0.143. The second-order valence-corrected chi connectivity index (χ2v) is 7.02. The Kier molecular flexibility index (Phi) is 6.27. The lowest BCUT2D eigenvalue weighted by Gasteiger charge is -2.46. The van der Waals surface area contributed by atoms with E-state index < -0.39 is 0 Å². The van der Waals surface area contributed by atoms with Gasteiger partial charge in [0.25, 0.3) is 0 Å². The first-order chi connectivity index (χ1) is 12.6. The number of nitrogens with zero attached hydrogens (tertiary/aromatic N) is 2. The van der Waals surface area contributed by atoms with Crippen LogP contribution in [0.5, 0.6) is 0 Å². The molecular weight excluding hydrogens is 332 g/mol. The molecule has 2 aliphatic rings. The summed E-state index contributed by atoms with van der Waals surface area (Å²) in [6.45, 7) is 5.45. The number of benzene rings is 1. The Hall–Kier alpha value is -1.92. The molecule has 0 atom stereocenters. The van der Waals surface area contributed by atoms with Gasteiger partial charge in [0.1, 0.15) is 6.61 Å². The highest BCUT2D eigenvalue weighted by Gasteiger charge is 2.44. The van der Waals surface area contributed by atoms with Gasteiger partial charge in [-0.3, -0.25) is 9.59 Å². The van der Waals surface area contributed by atoms with Crippen LogP contribution >= 0.6 is 0 Å². The number of carbonyl (C=O) groups excluding carboxylic acids is 2. The van der Waals surface area contributed by atoms with Crippen LogP contribution in [0.4, 0.5) is 0 Å². The van der Waals surface area contributed by atoms with E-state index in [9.17, 15) is 9.59 Å². The first-order valence-electron chi connectivity index (χ1n) is 9.42. The zero-order chi connectivity index (χ0) is 18.4. The molecule has 1 aromatic rings. The van der Waals surface area contributed by atoms with Gasteiger partial charge in [0.15, 0.2) is 0 Å². The van der Waals surface area contributed by atoms with E-state index in [0.29, 0.717) is 45.9 Å². The zero-order valence-electron chi connectivity index (χ0n) is 15.5. The van der Waals surface area contributed by atoms with Crippen molar-refractivity contribution in [3.63, 3.8) is 0 Å². The van der Waals surface area contributed by atoms with Gasteiger partial charge in [0.05, 0.1) is 12.1 Å². The minimum absolute atomic E-state index is 0.0434. The van der Waals surface area contributed by atoms with Crippen molar-refractivity contribution < 1.29 is 19.1 Å². The predicted octanol–water partition coefficient (Wildman–Crippen LogP) is 1.83. The first kappa shape index (κ1) is 18.9. The van der Waals surface area contributed by atoms with Crippen LogP contribution in [0.2, 0.25) is 0 Å². The van der Waals surface area contributed by atoms with Crippen molar-refractivity contribution in [3.8, 4) is 0 Å². The standard InChI is InChI=1S/C20H28N2O4/c1-2-22-18(23)8-11-21(16-20(22)9-12-25-13-10-20)19(24)15-26-14-17-6-4-3-5-7-17/h3-7H,2,8-16H2,1H3. The summed E-state index contributed by atoms with van der Waals surface area (Å²) in [5.41, 5.74) is 0.750. The maximum atomic E-state index is 12.7. The molecule has 6 heteroatoms. The van der Waals surface area contributed by atoms with E-state index in [-0.39, 0.29) is 24.0 Å². The van der Waals surface area contributed by atoms with Gasteiger partial charge in [-0.1, -0.05) is 30.3 Å². The van der Waals surface area contributed by atoms with E-state index in [4.69, 9.17) is 9.47 Å². The van der Waals surface area contributed by atoms with Crippen molar-refractivity contribution in [1.29, 1.82) is 0 Å². The second-order valence-electron chi connectivity index (χ2n) is 7.02. The van der Waals surface area contributed by atoms with Gasteiger partial charge < -0.3 is 19.3 Å². The van der Waals surface area contributed by atoms with Crippen molar-refractivity contribution in [2.45, 2.75) is 38.3 Å². The molecule has 2 amide bonds. The van der Waals surface area contributed by atoms with E-state index in [1.54, 1.807) is 0 Å². The van der Waals surface area contributed by atoms with Gasteiger partial charge in [0, 0.05) is 39.3 Å². The summed E-state index contributed by atoms with van der Waals surface area (Å²) in [7, 11) is 0. The van der Waals surface area contributed by atoms with Gasteiger partial charge in [0.2, 0.25) is 11.8 Å². The lowest BCUT2D eigenvalue weighted by atomic mass is 9.87. The number of ether oxygens (including phenoxy) is 2. The fraction of sp³-hybridized carbons (Fsp3) is 0.600. The summed E-state index contributed by atoms with van der Waals surface area (Å²) >= 11 is 0. The summed E-state index contributed by atoms with van der Waals surface area (Å²) in [5, 5.41) is 0. The van der Waals surface area contributed by atoms with Crippen LogP contribution in [0, 0.1) is 0 Å². The molecule has 26 heavy (non-hydrogen) atoms. The van der Waals surface area contributed by atoms with Crippen LogP contribution in [0.1, 0.15) is 31.7 Å². The molecule has 3 rings (SSSR count). The number of carbonyl (C=O) groups is 2. The highest BCUT2D eigenvalue weighted by molar-refractivity contribution is 5.81. The normalized spacial score (nSPS) is 20.3. The molecule has 0 unspecified atom stereocenters. The van der Waals surface area contributed by atoms with Crippen LogP contribution in [-0.2, 0) is 25.7 Å². The molecule has 1 aromatic carbocycles. The summed E-state index contributed by atoms with van der Waals surface area (Å²) in [6.07, 6.45) is 1.93. The Morgan fingerprint density at radius 1 is 1.23 bits per heavy atom. The van der Waals surface area contributed by atoms with Crippen molar-refractivity contribution in [3.05, 3.63) is 35.9 Å². The van der Waals surface area contributed by atoms with Gasteiger partial charge in [-0.2, -0.15) is 0 Å². The van der Waals surface area contributed by atoms with Crippen LogP contribution in [0.25, 0.3) is 0 Å². The van der Waals surface area contributed by atoms with Gasteiger partial charge in [-0.25, -0.2) is 0 Å². The molecule has 0 radical (unpaired) electrons. The van der Waals surface area contributed by atoms with Crippen LogP contribution in [0.15, 0.2) is 30.3 Å². The number of rotatable bonds is 5. The SMILES string of the molecule is CCN1C(=O)CCN(C(=O)COCc2ccccc2)CC12CCOCC2. The fourth-order valence-electron chi connectivity index (χ4n) is 3.98. The Morgan fingerprint density at radius 2 is 1.96 bits per heavy atom. The Morgan fingerprint density at radius 3 is 2.65 bits per heavy atom. The molecule has 2 saturated heterocycles. The van der Waals surface area contributed by atoms with Crippen molar-refractivity contribution >= 4 is 11.8 Å². The van der Waals surface area contributed by atoms with Crippen molar-refractivity contribution in [2.24, 2.45) is 0 Å². The third-order valence-electron chi connectivity index (χ3n) is 5.38. The van der Waals surface area contributed by atoms with Gasteiger partial charge in [-0.15, -0.1) is 0 Å². The van der Waals surface area contributed by atoms with E-state index in [0.717, 1.165) is 18.4 Å². The lowest BCUT2D eigenvalue weighted by Crippen LogP contribution is -2.58. The molecule has 0 aliphatic carbocycles. The number of hydrogen-bond acceptors (Lipinski definition) is 4. The molecule has 2 aliphatic heterocycles. The molecule has 142 valence electrons. The van der Waals surface area contributed by atoms with Crippen molar-refractivity contribution in [1.82, 2.24) is 9.80 Å². The van der Waals surface area contributed by atoms with Crippen LogP contribution < -0.4 is 0 Å². The zero-order valence-corrected chi connectivity index (χ0v) is 15.5. The number of amides is 2. The Bertz CT molecular complexity index is 613. The topological polar surface area (TPSA) is 59.1 Å². The molecule has 0 saturated carbocycles. The smallest absolute Gasteiger partial charge is 0.248 e. The molecule has 0 N–H and O–H groups in total. The Labute approximate surface area is 155 Å². The van der Waals surface area contributed by atoms with Gasteiger partial charge in [-0.05, 0) is 25.3 Å². The highest BCUT2D eigenvalue weighted by Crippen LogP contribution is 2.32. The van der Waals surface area contributed by atoms with Crippen LogP contribution in [-0.4, -0.2) is 66.6 Å². The molecular formula is C20H28N2O4. The molecule has 2 fully saturated rings. The third kappa shape index (κ3) is 4.24. The third-order valence-corrected chi connectivity index (χ3v) is 5.38. The average molecular weight is 360 g/mol. The van der Waals surface area contributed by atoms with E-state index >= 15 is 0 Å². The minimum atomic E-state index is -0.296. The second kappa shape index (κ2) is 8.64. The van der Waals surface area contributed by atoms with Gasteiger partial charge >= 0.3 is 0 Å². The monoisotopic (exact) mass is 360 g/mol. The van der Waals surface area contributed by atoms with E-state index in [1.807, 2.05) is 47.1 Å². The predicted molar refractivity (Wildman–Crippen MR) is 97.5 cm³/mol. The van der Waals surface area contributed by atoms with E-state index in [1.165, 1.54) is 0 Å². The maximum Gasteiger partial charge on any atom is 0.248 e. The van der Waals surface area contributed by atoms with Crippen molar-refractivity contribution in [2.75, 3.05) is 39.5 Å². The summed E-state index contributed by atoms with van der Waals surface area (Å²) in [5.74, 6) is 0.0902. The minimum Gasteiger partial charge on any atom is -0.381 e. The molecule has 6 nitrogen and oxygen atoms in total. The average Bonchev–Trinajstić information content (AvgIpc) is 2.79. The maximum absolute atomic E-state index is 12.7. The largest absolute Gasteiger partial charge is 0.381 e. The number of hydrogen-bond donors (Lipinski definition) is 0. The molecule has 1 spiro atoms. The van der Waals surface area contributed by atoms with E-state index in [2.05, 4.69) is 0 Å². The van der Waals surface area contributed by atoms with Crippen LogP contribution in [0.3, 0.4) is 0 Å². The Balaban J connectivity index is 1.63. The first-order valence-corrected chi connectivity index (χ1v) is 9.42. The fourth-order valence-corrected chi connectivity index (χ4v) is 3.98. The molecule has 2 heterocycles. The highest BCUT2D eigenvalue weighted by atomic mass is 16.5. The summed E-state index contributed by atoms with van der Waals surface area (Å²) in [6, 6.07) is 9.82.